The van der Waals surface area contributed by atoms with Crippen LogP contribution < -0.4 is 15.5 Å². The maximum atomic E-state index is 14.6. The van der Waals surface area contributed by atoms with Crippen molar-refractivity contribution in [2.24, 2.45) is 5.73 Å². The van der Waals surface area contributed by atoms with Crippen LogP contribution in [-0.2, 0) is 11.3 Å². The zero-order valence-corrected chi connectivity index (χ0v) is 13.7. The number of nitrogens with two attached hydrogens (primary N) is 1. The monoisotopic (exact) mass is 348 g/mol. The maximum absolute atomic E-state index is 14.6. The third kappa shape index (κ3) is 3.30. The van der Waals surface area contributed by atoms with Crippen LogP contribution in [0, 0.1) is 5.82 Å². The lowest BCUT2D eigenvalue weighted by Gasteiger charge is -2.23. The van der Waals surface area contributed by atoms with Gasteiger partial charge in [0.25, 0.3) is 0 Å². The largest absolute Gasteiger partial charge is 0.368 e. The lowest BCUT2D eigenvalue weighted by Crippen LogP contribution is -2.30. The van der Waals surface area contributed by atoms with Gasteiger partial charge in [0.1, 0.15) is 5.82 Å². The number of halogens is 1. The third-order valence-electron chi connectivity index (χ3n) is 4.67. The molecule has 0 saturated carbocycles. The highest BCUT2D eigenvalue weighted by atomic mass is 19.1. The van der Waals surface area contributed by atoms with Gasteiger partial charge in [-0.1, -0.05) is 5.21 Å². The van der Waals surface area contributed by atoms with E-state index in [2.05, 4.69) is 10.3 Å². The van der Waals surface area contributed by atoms with Crippen molar-refractivity contribution >= 4 is 11.4 Å². The van der Waals surface area contributed by atoms with Gasteiger partial charge in [-0.25, -0.2) is 9.07 Å². The molecule has 2 aliphatic rings. The first kappa shape index (κ1) is 16.2. The van der Waals surface area contributed by atoms with E-state index in [1.165, 1.54) is 6.07 Å². The van der Waals surface area contributed by atoms with E-state index in [0.717, 1.165) is 13.0 Å². The fraction of sp³-hybridized carbons (Fsp3) is 0.500. The Labute approximate surface area is 144 Å². The lowest BCUT2D eigenvalue weighted by molar-refractivity contribution is -0.0924. The van der Waals surface area contributed by atoms with Gasteiger partial charge in [-0.2, -0.15) is 0 Å². The van der Waals surface area contributed by atoms with Gasteiger partial charge in [-0.15, -0.1) is 5.10 Å². The second-order valence-electron chi connectivity index (χ2n) is 6.49. The van der Waals surface area contributed by atoms with Crippen LogP contribution in [0.3, 0.4) is 0 Å². The molecule has 2 aliphatic heterocycles. The van der Waals surface area contributed by atoms with Gasteiger partial charge in [0, 0.05) is 31.0 Å². The summed E-state index contributed by atoms with van der Waals surface area (Å²) in [5.74, 6) is -0.321. The molecule has 0 aliphatic carbocycles. The Balaban J connectivity index is 1.47. The molecule has 1 unspecified atom stereocenters. The Morgan fingerprint density at radius 1 is 1.36 bits per heavy atom. The van der Waals surface area contributed by atoms with Crippen molar-refractivity contribution in [3.05, 3.63) is 36.4 Å². The van der Waals surface area contributed by atoms with Crippen LogP contribution in [0.15, 0.2) is 30.6 Å². The summed E-state index contributed by atoms with van der Waals surface area (Å²) >= 11 is 0. The fourth-order valence-corrected chi connectivity index (χ4v) is 3.41. The van der Waals surface area contributed by atoms with Gasteiger partial charge < -0.3 is 25.4 Å². The molecule has 8 nitrogen and oxygen atoms in total. The van der Waals surface area contributed by atoms with Gasteiger partial charge in [-0.3, -0.25) is 0 Å². The van der Waals surface area contributed by atoms with E-state index < -0.39 is 6.41 Å². The molecular formula is C16H21FN6O2. The standard InChI is InChI=1S/C16H21FN6O2/c17-14-7-12(1-2-15(14)21-5-3-11(18)8-21)23-10-13(25-16(23)24)9-22-6-4-19-20-22/h1-2,4,6-7,11,13,16,24H,3,5,8-10,18H2/t11-,13+,16?/m1/s1. The zero-order valence-electron chi connectivity index (χ0n) is 13.7. The molecule has 2 aromatic rings. The van der Waals surface area contributed by atoms with Crippen molar-refractivity contribution in [1.29, 1.82) is 0 Å². The normalized spacial score (nSPS) is 26.6. The highest BCUT2D eigenvalue weighted by Crippen LogP contribution is 2.30. The number of ether oxygens (including phenoxy) is 1. The molecule has 4 rings (SSSR count). The molecule has 0 amide bonds. The Kier molecular flexibility index (Phi) is 4.28. The molecule has 0 radical (unpaired) electrons. The number of hydrogen-bond acceptors (Lipinski definition) is 7. The molecule has 134 valence electrons. The second kappa shape index (κ2) is 6.58. The average Bonchev–Trinajstić information content (AvgIpc) is 3.30. The highest BCUT2D eigenvalue weighted by Gasteiger charge is 2.32. The Hall–Kier alpha value is -2.23. The van der Waals surface area contributed by atoms with E-state index in [1.807, 2.05) is 4.90 Å². The Morgan fingerprint density at radius 3 is 2.92 bits per heavy atom. The van der Waals surface area contributed by atoms with Crippen LogP contribution >= 0.6 is 0 Å². The van der Waals surface area contributed by atoms with Gasteiger partial charge in [0.15, 0.2) is 0 Å². The number of hydrogen-bond donors (Lipinski definition) is 2. The summed E-state index contributed by atoms with van der Waals surface area (Å²) in [7, 11) is 0. The van der Waals surface area contributed by atoms with Crippen molar-refractivity contribution in [3.8, 4) is 0 Å². The third-order valence-corrected chi connectivity index (χ3v) is 4.67. The van der Waals surface area contributed by atoms with Crippen LogP contribution in [-0.4, -0.2) is 58.3 Å². The summed E-state index contributed by atoms with van der Waals surface area (Å²) in [6.45, 7) is 2.33. The minimum absolute atomic E-state index is 0.0884. The molecule has 1 aromatic carbocycles. The molecule has 0 spiro atoms. The van der Waals surface area contributed by atoms with E-state index in [-0.39, 0.29) is 18.0 Å². The number of rotatable bonds is 4. The number of nitrogens with zero attached hydrogens (tertiary/aromatic N) is 5. The number of aliphatic hydroxyl groups is 1. The number of aromatic nitrogens is 3. The first-order valence-corrected chi connectivity index (χ1v) is 8.34. The first-order valence-electron chi connectivity index (χ1n) is 8.34. The van der Waals surface area contributed by atoms with Crippen LogP contribution in [0.5, 0.6) is 0 Å². The molecule has 0 bridgehead atoms. The quantitative estimate of drug-likeness (QED) is 0.812. The SMILES string of the molecule is N[C@@H]1CCN(c2ccc(N3C[C@H](Cn4ccnn4)OC3O)cc2F)C1. The minimum Gasteiger partial charge on any atom is -0.368 e. The molecule has 3 N–H and O–H groups in total. The van der Waals surface area contributed by atoms with Gasteiger partial charge in [-0.05, 0) is 24.6 Å². The Morgan fingerprint density at radius 2 is 2.24 bits per heavy atom. The smallest absolute Gasteiger partial charge is 0.238 e. The number of aliphatic hydroxyl groups excluding tert-OH is 1. The van der Waals surface area contributed by atoms with E-state index in [9.17, 15) is 9.50 Å². The number of benzene rings is 1. The molecule has 3 heterocycles. The van der Waals surface area contributed by atoms with Crippen molar-refractivity contribution in [1.82, 2.24) is 15.0 Å². The number of anilines is 2. The van der Waals surface area contributed by atoms with Crippen molar-refractivity contribution < 1.29 is 14.2 Å². The van der Waals surface area contributed by atoms with Crippen LogP contribution in [0.1, 0.15) is 6.42 Å². The van der Waals surface area contributed by atoms with E-state index >= 15 is 0 Å². The summed E-state index contributed by atoms with van der Waals surface area (Å²) < 4.78 is 21.7. The summed E-state index contributed by atoms with van der Waals surface area (Å²) in [6, 6.07) is 5.06. The summed E-state index contributed by atoms with van der Waals surface area (Å²) in [6.07, 6.45) is 2.81. The predicted molar refractivity (Wildman–Crippen MR) is 89.5 cm³/mol. The molecule has 9 heteroatoms. The highest BCUT2D eigenvalue weighted by molar-refractivity contribution is 5.58. The molecular weight excluding hydrogens is 327 g/mol. The molecule has 2 saturated heterocycles. The minimum atomic E-state index is -1.11. The maximum Gasteiger partial charge on any atom is 0.238 e. The lowest BCUT2D eigenvalue weighted by atomic mass is 10.2. The van der Waals surface area contributed by atoms with Gasteiger partial charge >= 0.3 is 0 Å². The summed E-state index contributed by atoms with van der Waals surface area (Å²) in [5.41, 5.74) is 7.03. The van der Waals surface area contributed by atoms with Crippen molar-refractivity contribution in [3.63, 3.8) is 0 Å². The Bertz CT molecular complexity index is 727. The molecule has 25 heavy (non-hydrogen) atoms. The van der Waals surface area contributed by atoms with E-state index in [0.29, 0.717) is 31.0 Å². The van der Waals surface area contributed by atoms with Crippen LogP contribution in [0.4, 0.5) is 15.8 Å². The van der Waals surface area contributed by atoms with Gasteiger partial charge in [0.2, 0.25) is 6.41 Å². The van der Waals surface area contributed by atoms with E-state index in [4.69, 9.17) is 10.5 Å². The fourth-order valence-electron chi connectivity index (χ4n) is 3.41. The van der Waals surface area contributed by atoms with Crippen LogP contribution in [0.25, 0.3) is 0 Å². The molecule has 3 atom stereocenters. The van der Waals surface area contributed by atoms with Gasteiger partial charge in [0.05, 0.1) is 31.1 Å². The van der Waals surface area contributed by atoms with E-state index in [1.54, 1.807) is 34.1 Å². The predicted octanol–water partition coefficient (Wildman–Crippen LogP) is 0.136. The first-order chi connectivity index (χ1) is 12.1. The van der Waals surface area contributed by atoms with Crippen LogP contribution in [0.2, 0.25) is 0 Å². The zero-order chi connectivity index (χ0) is 17.4. The second-order valence-corrected chi connectivity index (χ2v) is 6.49. The van der Waals surface area contributed by atoms with Crippen molar-refractivity contribution in [2.75, 3.05) is 29.4 Å². The summed E-state index contributed by atoms with van der Waals surface area (Å²) in [4.78, 5) is 3.58. The molecule has 1 aromatic heterocycles. The molecule has 2 fully saturated rings. The average molecular weight is 348 g/mol. The van der Waals surface area contributed by atoms with Crippen molar-refractivity contribution in [2.45, 2.75) is 31.5 Å². The summed E-state index contributed by atoms with van der Waals surface area (Å²) in [5, 5.41) is 17.8. The topological polar surface area (TPSA) is 92.7 Å².